The average Bonchev–Trinajstić information content (AvgIpc) is 3.16. The molecule has 98 valence electrons. The zero-order valence-corrected chi connectivity index (χ0v) is 10.6. The van der Waals surface area contributed by atoms with Crippen molar-refractivity contribution in [1.29, 1.82) is 0 Å². The zero-order valence-electron chi connectivity index (χ0n) is 10.6. The van der Waals surface area contributed by atoms with Crippen molar-refractivity contribution >= 4 is 16.7 Å². The zero-order chi connectivity index (χ0) is 13.6. The van der Waals surface area contributed by atoms with Crippen LogP contribution >= 0.6 is 0 Å². The Balaban J connectivity index is 2.30. The highest BCUT2D eigenvalue weighted by molar-refractivity contribution is 5.85. The number of benzene rings is 1. The third kappa shape index (κ3) is 2.12. The molecule has 1 heterocycles. The summed E-state index contributed by atoms with van der Waals surface area (Å²) in [5, 5.41) is 14.5. The van der Waals surface area contributed by atoms with E-state index in [2.05, 4.69) is 5.10 Å². The lowest BCUT2D eigenvalue weighted by atomic mass is 10.1. The quantitative estimate of drug-likeness (QED) is 0.908. The van der Waals surface area contributed by atoms with Gasteiger partial charge in [0.1, 0.15) is 6.54 Å². The highest BCUT2D eigenvalue weighted by Crippen LogP contribution is 2.41. The molecule has 0 spiro atoms. The predicted molar refractivity (Wildman–Crippen MR) is 70.4 cm³/mol. The van der Waals surface area contributed by atoms with Gasteiger partial charge in [0.25, 0.3) is 5.56 Å². The lowest BCUT2D eigenvalue weighted by Gasteiger charge is -2.09. The molecule has 0 unspecified atom stereocenters. The molecule has 1 N–H and O–H groups in total. The van der Waals surface area contributed by atoms with E-state index in [1.165, 1.54) is 0 Å². The maximum atomic E-state index is 12.2. The maximum Gasteiger partial charge on any atom is 0.325 e. The number of nitrogens with zero attached hydrogens (tertiary/aromatic N) is 2. The van der Waals surface area contributed by atoms with Gasteiger partial charge in [-0.3, -0.25) is 9.59 Å². The molecule has 2 aromatic rings. The number of hydrogen-bond acceptors (Lipinski definition) is 3. The van der Waals surface area contributed by atoms with Gasteiger partial charge in [-0.15, -0.1) is 0 Å². The van der Waals surface area contributed by atoms with Gasteiger partial charge in [0, 0.05) is 11.3 Å². The molecular formula is C14H14N2O3. The molecule has 1 saturated carbocycles. The van der Waals surface area contributed by atoms with E-state index >= 15 is 0 Å². The van der Waals surface area contributed by atoms with Crippen LogP contribution < -0.4 is 5.56 Å². The van der Waals surface area contributed by atoms with Crippen molar-refractivity contribution in [3.63, 3.8) is 0 Å². The number of carbonyl (C=O) groups is 1. The van der Waals surface area contributed by atoms with Gasteiger partial charge < -0.3 is 5.11 Å². The summed E-state index contributed by atoms with van der Waals surface area (Å²) in [6.45, 7) is 1.58. The Morgan fingerprint density at radius 2 is 2.16 bits per heavy atom. The standard InChI is InChI=1S/C14H14N2O3/c1-8-2-5-10-11(6-8)13(9-3-4-9)15-16(14(10)19)7-12(17)18/h2,5-6,9H,3-4,7H2,1H3,(H,17,18). The van der Waals surface area contributed by atoms with Gasteiger partial charge in [0.2, 0.25) is 0 Å². The summed E-state index contributed by atoms with van der Waals surface area (Å²) in [6, 6.07) is 5.59. The molecule has 5 nitrogen and oxygen atoms in total. The fourth-order valence-electron chi connectivity index (χ4n) is 2.32. The van der Waals surface area contributed by atoms with Crippen LogP contribution in [0.4, 0.5) is 0 Å². The van der Waals surface area contributed by atoms with Crippen molar-refractivity contribution in [2.24, 2.45) is 0 Å². The number of fused-ring (bicyclic) bond motifs is 1. The van der Waals surface area contributed by atoms with Gasteiger partial charge in [-0.25, -0.2) is 4.68 Å². The van der Waals surface area contributed by atoms with E-state index in [1.807, 2.05) is 19.1 Å². The van der Waals surface area contributed by atoms with E-state index in [0.29, 0.717) is 11.3 Å². The number of carboxylic acid groups (broad SMARTS) is 1. The molecule has 1 aromatic heterocycles. The molecule has 0 amide bonds. The molecule has 1 aromatic carbocycles. The second-order valence-corrected chi connectivity index (χ2v) is 5.07. The van der Waals surface area contributed by atoms with Crippen LogP contribution in [0.25, 0.3) is 10.8 Å². The number of aryl methyl sites for hydroxylation is 1. The lowest BCUT2D eigenvalue weighted by Crippen LogP contribution is -2.27. The smallest absolute Gasteiger partial charge is 0.325 e. The van der Waals surface area contributed by atoms with Gasteiger partial charge in [-0.2, -0.15) is 5.10 Å². The largest absolute Gasteiger partial charge is 0.480 e. The van der Waals surface area contributed by atoms with E-state index in [1.54, 1.807) is 6.07 Å². The third-order valence-electron chi connectivity index (χ3n) is 3.39. The first-order chi connectivity index (χ1) is 9.06. The summed E-state index contributed by atoms with van der Waals surface area (Å²) in [4.78, 5) is 23.0. The minimum Gasteiger partial charge on any atom is -0.480 e. The number of rotatable bonds is 3. The second-order valence-electron chi connectivity index (χ2n) is 5.07. The molecule has 3 rings (SSSR count). The second kappa shape index (κ2) is 4.19. The van der Waals surface area contributed by atoms with Crippen molar-refractivity contribution in [3.05, 3.63) is 39.8 Å². The highest BCUT2D eigenvalue weighted by Gasteiger charge is 2.28. The molecule has 0 bridgehead atoms. The van der Waals surface area contributed by atoms with Crippen LogP contribution in [0.1, 0.15) is 30.0 Å². The SMILES string of the molecule is Cc1ccc2c(=O)n(CC(=O)O)nc(C3CC3)c2c1. The monoisotopic (exact) mass is 258 g/mol. The number of carboxylic acids is 1. The highest BCUT2D eigenvalue weighted by atomic mass is 16.4. The molecule has 19 heavy (non-hydrogen) atoms. The van der Waals surface area contributed by atoms with Crippen molar-refractivity contribution in [3.8, 4) is 0 Å². The van der Waals surface area contributed by atoms with E-state index in [0.717, 1.165) is 34.2 Å². The first-order valence-electron chi connectivity index (χ1n) is 6.29. The van der Waals surface area contributed by atoms with E-state index in [4.69, 9.17) is 5.11 Å². The van der Waals surface area contributed by atoms with Gasteiger partial charge >= 0.3 is 5.97 Å². The van der Waals surface area contributed by atoms with Gasteiger partial charge in [-0.1, -0.05) is 11.6 Å². The molecule has 0 radical (unpaired) electrons. The predicted octanol–water partition coefficient (Wildman–Crippen LogP) is 1.67. The normalized spacial score (nSPS) is 14.8. The number of aromatic nitrogens is 2. The van der Waals surface area contributed by atoms with Gasteiger partial charge in [0.05, 0.1) is 11.1 Å². The van der Waals surface area contributed by atoms with Crippen molar-refractivity contribution < 1.29 is 9.90 Å². The molecule has 0 aliphatic heterocycles. The summed E-state index contributed by atoms with van der Waals surface area (Å²) >= 11 is 0. The van der Waals surface area contributed by atoms with Crippen molar-refractivity contribution in [2.75, 3.05) is 0 Å². The van der Waals surface area contributed by atoms with Gasteiger partial charge in [-0.05, 0) is 31.9 Å². The minimum absolute atomic E-state index is 0.332. The van der Waals surface area contributed by atoms with Crippen LogP contribution in [0, 0.1) is 6.92 Å². The van der Waals surface area contributed by atoms with E-state index < -0.39 is 5.97 Å². The van der Waals surface area contributed by atoms with Crippen LogP contribution in [0.3, 0.4) is 0 Å². The Morgan fingerprint density at radius 1 is 1.42 bits per heavy atom. The fraction of sp³-hybridized carbons (Fsp3) is 0.357. The van der Waals surface area contributed by atoms with Crippen LogP contribution in [0.2, 0.25) is 0 Å². The van der Waals surface area contributed by atoms with Crippen LogP contribution in [0.5, 0.6) is 0 Å². The minimum atomic E-state index is -1.05. The number of aliphatic carboxylic acids is 1. The topological polar surface area (TPSA) is 72.2 Å². The average molecular weight is 258 g/mol. The Kier molecular flexibility index (Phi) is 2.62. The molecule has 0 atom stereocenters. The van der Waals surface area contributed by atoms with Crippen LogP contribution in [-0.2, 0) is 11.3 Å². The summed E-state index contributed by atoms with van der Waals surface area (Å²) in [5.74, 6) is -0.687. The van der Waals surface area contributed by atoms with E-state index in [-0.39, 0.29) is 12.1 Å². The molecule has 0 saturated heterocycles. The third-order valence-corrected chi connectivity index (χ3v) is 3.39. The summed E-state index contributed by atoms with van der Waals surface area (Å²) < 4.78 is 1.06. The molecule has 1 aliphatic rings. The first-order valence-corrected chi connectivity index (χ1v) is 6.29. The van der Waals surface area contributed by atoms with Crippen molar-refractivity contribution in [2.45, 2.75) is 32.2 Å². The summed E-state index contributed by atoms with van der Waals surface area (Å²) in [7, 11) is 0. The van der Waals surface area contributed by atoms with Crippen LogP contribution in [0.15, 0.2) is 23.0 Å². The number of hydrogen-bond donors (Lipinski definition) is 1. The summed E-state index contributed by atoms with van der Waals surface area (Å²) in [5.41, 5.74) is 1.60. The summed E-state index contributed by atoms with van der Waals surface area (Å²) in [6.07, 6.45) is 2.11. The van der Waals surface area contributed by atoms with Crippen molar-refractivity contribution in [1.82, 2.24) is 9.78 Å². The van der Waals surface area contributed by atoms with Gasteiger partial charge in [0.15, 0.2) is 0 Å². The molecule has 1 fully saturated rings. The Labute approximate surface area is 109 Å². The Hall–Kier alpha value is -2.17. The molecule has 5 heteroatoms. The fourth-order valence-corrected chi connectivity index (χ4v) is 2.32. The molecular weight excluding hydrogens is 244 g/mol. The molecule has 1 aliphatic carbocycles. The Morgan fingerprint density at radius 3 is 2.79 bits per heavy atom. The Bertz CT molecular complexity index is 729. The lowest BCUT2D eigenvalue weighted by molar-refractivity contribution is -0.138. The van der Waals surface area contributed by atoms with Crippen LogP contribution in [-0.4, -0.2) is 20.9 Å². The maximum absolute atomic E-state index is 12.2. The first kappa shape index (κ1) is 11.9. The van der Waals surface area contributed by atoms with E-state index in [9.17, 15) is 9.59 Å².